The van der Waals surface area contributed by atoms with E-state index in [0.29, 0.717) is 30.4 Å². The van der Waals surface area contributed by atoms with Crippen molar-refractivity contribution in [3.8, 4) is 0 Å². The standard InChI is InChI=1S/C17H23F3N6O.ClH/c1-10-13(6-7-14(27)25-8-4-5-12(9-25)21-3)11(2)26-16(22-10)23-15(24-26)17(18,19)20;/h12,21H,4-9H2,1-3H3;1H. The van der Waals surface area contributed by atoms with Crippen LogP contribution < -0.4 is 5.32 Å². The van der Waals surface area contributed by atoms with Gasteiger partial charge >= 0.3 is 6.18 Å². The minimum Gasteiger partial charge on any atom is -0.341 e. The van der Waals surface area contributed by atoms with Crippen molar-refractivity contribution < 1.29 is 18.0 Å². The van der Waals surface area contributed by atoms with Gasteiger partial charge in [-0.1, -0.05) is 0 Å². The van der Waals surface area contributed by atoms with Gasteiger partial charge in [0.2, 0.25) is 5.91 Å². The number of likely N-dealkylation sites (tertiary alicyclic amines) is 1. The molecule has 1 N–H and O–H groups in total. The van der Waals surface area contributed by atoms with E-state index in [2.05, 4.69) is 20.4 Å². The average Bonchev–Trinajstić information content (AvgIpc) is 3.06. The number of hydrogen-bond acceptors (Lipinski definition) is 5. The number of fused-ring (bicyclic) bond motifs is 1. The third-order valence-corrected chi connectivity index (χ3v) is 5.07. The molecule has 0 aromatic carbocycles. The molecule has 1 atom stereocenters. The molecule has 1 saturated heterocycles. The van der Waals surface area contributed by atoms with Crippen molar-refractivity contribution in [2.45, 2.75) is 51.7 Å². The number of aryl methyl sites for hydroxylation is 2. The lowest BCUT2D eigenvalue weighted by Crippen LogP contribution is -2.47. The van der Waals surface area contributed by atoms with Gasteiger partial charge < -0.3 is 10.2 Å². The van der Waals surface area contributed by atoms with Gasteiger partial charge in [0.15, 0.2) is 0 Å². The second-order valence-electron chi connectivity index (χ2n) is 6.87. The Morgan fingerprint density at radius 2 is 2.00 bits per heavy atom. The number of amides is 1. The summed E-state index contributed by atoms with van der Waals surface area (Å²) in [5.74, 6) is -1.25. The van der Waals surface area contributed by atoms with Crippen LogP contribution in [-0.2, 0) is 17.4 Å². The molecule has 0 saturated carbocycles. The summed E-state index contributed by atoms with van der Waals surface area (Å²) < 4.78 is 39.7. The Bertz CT molecular complexity index is 854. The van der Waals surface area contributed by atoms with Gasteiger partial charge in [0.05, 0.1) is 0 Å². The number of hydrogen-bond donors (Lipinski definition) is 1. The number of halogens is 4. The molecule has 1 unspecified atom stereocenters. The number of piperidine rings is 1. The molecular formula is C17H24ClF3N6O. The highest BCUT2D eigenvalue weighted by atomic mass is 35.5. The minimum absolute atomic E-state index is 0. The van der Waals surface area contributed by atoms with Gasteiger partial charge in [0.25, 0.3) is 11.6 Å². The van der Waals surface area contributed by atoms with E-state index < -0.39 is 12.0 Å². The monoisotopic (exact) mass is 420 g/mol. The number of nitrogens with zero attached hydrogens (tertiary/aromatic N) is 5. The third kappa shape index (κ3) is 4.54. The summed E-state index contributed by atoms with van der Waals surface area (Å²) in [7, 11) is 1.89. The molecule has 28 heavy (non-hydrogen) atoms. The van der Waals surface area contributed by atoms with E-state index in [1.807, 2.05) is 11.9 Å². The zero-order valence-electron chi connectivity index (χ0n) is 16.0. The second-order valence-corrected chi connectivity index (χ2v) is 6.87. The largest absolute Gasteiger partial charge is 0.453 e. The molecular weight excluding hydrogens is 397 g/mol. The lowest BCUT2D eigenvalue weighted by molar-refractivity contribution is -0.144. The predicted octanol–water partition coefficient (Wildman–Crippen LogP) is 2.32. The van der Waals surface area contributed by atoms with E-state index in [0.717, 1.165) is 29.5 Å². The topological polar surface area (TPSA) is 75.4 Å². The van der Waals surface area contributed by atoms with Gasteiger partial charge in [-0.15, -0.1) is 17.5 Å². The first-order valence-corrected chi connectivity index (χ1v) is 8.95. The van der Waals surface area contributed by atoms with E-state index in [9.17, 15) is 18.0 Å². The van der Waals surface area contributed by atoms with Gasteiger partial charge in [0, 0.05) is 36.9 Å². The fourth-order valence-corrected chi connectivity index (χ4v) is 3.52. The summed E-state index contributed by atoms with van der Waals surface area (Å²) in [6.07, 6.45) is -1.93. The number of aromatic nitrogens is 4. The molecule has 0 radical (unpaired) electrons. The van der Waals surface area contributed by atoms with Crippen molar-refractivity contribution in [2.75, 3.05) is 20.1 Å². The molecule has 7 nitrogen and oxygen atoms in total. The first-order valence-electron chi connectivity index (χ1n) is 8.95. The maximum Gasteiger partial charge on any atom is 0.453 e. The molecule has 1 fully saturated rings. The Labute approximate surface area is 167 Å². The Morgan fingerprint density at radius 3 is 2.64 bits per heavy atom. The Balaban J connectivity index is 0.00000280. The van der Waals surface area contributed by atoms with E-state index >= 15 is 0 Å². The SMILES string of the molecule is CNC1CCCN(C(=O)CCc2c(C)nc3nc(C(F)(F)F)nn3c2C)C1.Cl. The second kappa shape index (κ2) is 8.60. The molecule has 156 valence electrons. The quantitative estimate of drug-likeness (QED) is 0.821. The summed E-state index contributed by atoms with van der Waals surface area (Å²) in [5.41, 5.74) is 1.83. The number of nitrogens with one attached hydrogen (secondary N) is 1. The van der Waals surface area contributed by atoms with E-state index in [1.54, 1.807) is 13.8 Å². The molecule has 1 aliphatic heterocycles. The average molecular weight is 421 g/mol. The molecule has 1 aliphatic rings. The normalized spacial score (nSPS) is 17.6. The minimum atomic E-state index is -4.62. The highest BCUT2D eigenvalue weighted by molar-refractivity contribution is 5.85. The van der Waals surface area contributed by atoms with Crippen LogP contribution in [0.4, 0.5) is 13.2 Å². The third-order valence-electron chi connectivity index (χ3n) is 5.07. The molecule has 3 heterocycles. The fourth-order valence-electron chi connectivity index (χ4n) is 3.52. The van der Waals surface area contributed by atoms with E-state index in [-0.39, 0.29) is 30.5 Å². The van der Waals surface area contributed by atoms with Crippen LogP contribution >= 0.6 is 12.4 Å². The molecule has 0 bridgehead atoms. The lowest BCUT2D eigenvalue weighted by atomic mass is 10.0. The van der Waals surface area contributed by atoms with Gasteiger partial charge in [-0.3, -0.25) is 4.79 Å². The number of likely N-dealkylation sites (N-methyl/N-ethyl adjacent to an activating group) is 1. The molecule has 1 amide bonds. The van der Waals surface area contributed by atoms with Gasteiger partial charge in [-0.2, -0.15) is 18.2 Å². The number of alkyl halides is 3. The fraction of sp³-hybridized carbons (Fsp3) is 0.647. The summed E-state index contributed by atoms with van der Waals surface area (Å²) in [6.45, 7) is 4.81. The summed E-state index contributed by atoms with van der Waals surface area (Å²) in [6, 6.07) is 0.306. The molecule has 3 rings (SSSR count). The van der Waals surface area contributed by atoms with Crippen LogP contribution in [0.5, 0.6) is 0 Å². The van der Waals surface area contributed by atoms with Gasteiger partial charge in [0.1, 0.15) is 0 Å². The maximum absolute atomic E-state index is 12.9. The molecule has 0 aliphatic carbocycles. The maximum atomic E-state index is 12.9. The Morgan fingerprint density at radius 1 is 1.29 bits per heavy atom. The van der Waals surface area contributed by atoms with E-state index in [1.165, 1.54) is 0 Å². The van der Waals surface area contributed by atoms with E-state index in [4.69, 9.17) is 0 Å². The van der Waals surface area contributed by atoms with Crippen molar-refractivity contribution in [3.63, 3.8) is 0 Å². The van der Waals surface area contributed by atoms with Crippen LogP contribution in [0.2, 0.25) is 0 Å². The lowest BCUT2D eigenvalue weighted by Gasteiger charge is -2.32. The smallest absolute Gasteiger partial charge is 0.341 e. The first-order chi connectivity index (χ1) is 12.7. The van der Waals surface area contributed by atoms with Crippen LogP contribution in [0.15, 0.2) is 0 Å². The summed E-state index contributed by atoms with van der Waals surface area (Å²) in [4.78, 5) is 22.0. The molecule has 2 aromatic heterocycles. The highest BCUT2D eigenvalue weighted by Crippen LogP contribution is 2.27. The van der Waals surface area contributed by atoms with Crippen molar-refractivity contribution >= 4 is 24.1 Å². The number of carbonyl (C=O) groups is 1. The highest BCUT2D eigenvalue weighted by Gasteiger charge is 2.37. The molecule has 0 spiro atoms. The van der Waals surface area contributed by atoms with Crippen LogP contribution in [0, 0.1) is 13.8 Å². The van der Waals surface area contributed by atoms with Crippen molar-refractivity contribution in [1.29, 1.82) is 0 Å². The van der Waals surface area contributed by atoms with Crippen molar-refractivity contribution in [1.82, 2.24) is 29.8 Å². The molecule has 11 heteroatoms. The number of rotatable bonds is 4. The predicted molar refractivity (Wildman–Crippen MR) is 99.5 cm³/mol. The number of carbonyl (C=O) groups excluding carboxylic acids is 1. The zero-order valence-corrected chi connectivity index (χ0v) is 16.8. The summed E-state index contributed by atoms with van der Waals surface area (Å²) in [5, 5.41) is 6.74. The van der Waals surface area contributed by atoms with Crippen LogP contribution in [-0.4, -0.2) is 56.6 Å². The van der Waals surface area contributed by atoms with Gasteiger partial charge in [-0.05, 0) is 45.7 Å². The summed E-state index contributed by atoms with van der Waals surface area (Å²) >= 11 is 0. The van der Waals surface area contributed by atoms with Crippen LogP contribution in [0.1, 0.15) is 42.0 Å². The molecule has 2 aromatic rings. The van der Waals surface area contributed by atoms with Gasteiger partial charge in [-0.25, -0.2) is 9.50 Å². The Kier molecular flexibility index (Phi) is 6.87. The first kappa shape index (κ1) is 22.4. The van der Waals surface area contributed by atoms with Crippen LogP contribution in [0.3, 0.4) is 0 Å². The van der Waals surface area contributed by atoms with Crippen molar-refractivity contribution in [3.05, 3.63) is 22.8 Å². The zero-order chi connectivity index (χ0) is 19.8. The Hall–Kier alpha value is -1.94. The van der Waals surface area contributed by atoms with Crippen LogP contribution in [0.25, 0.3) is 5.78 Å². The van der Waals surface area contributed by atoms with Crippen molar-refractivity contribution in [2.24, 2.45) is 0 Å².